The molecule has 0 amide bonds. The van der Waals surface area contributed by atoms with Gasteiger partial charge < -0.3 is 9.47 Å². The molecule has 0 rings (SSSR count). The van der Waals surface area contributed by atoms with Crippen LogP contribution in [-0.2, 0) is 9.47 Å². The highest BCUT2D eigenvalue weighted by molar-refractivity contribution is 4.65. The lowest BCUT2D eigenvalue weighted by molar-refractivity contribution is -0.198. The average molecular weight is 385 g/mol. The summed E-state index contributed by atoms with van der Waals surface area (Å²) in [5.74, 6) is 3.09. The standard InChI is InChI=1S/C25H52O2/c1-21(2)13-9-14-22(3)15-10-16-23(4)17-11-18-24(5)19-12-20-25(6,26-7)27-8/h21-24H,9-20H2,1-8H3. The van der Waals surface area contributed by atoms with E-state index in [9.17, 15) is 0 Å². The van der Waals surface area contributed by atoms with Gasteiger partial charge in [-0.2, -0.15) is 0 Å². The van der Waals surface area contributed by atoms with Crippen LogP contribution in [0.4, 0.5) is 0 Å². The van der Waals surface area contributed by atoms with Crippen LogP contribution in [-0.4, -0.2) is 20.0 Å². The summed E-state index contributed by atoms with van der Waals surface area (Å²) < 4.78 is 10.9. The fourth-order valence-corrected chi connectivity index (χ4v) is 4.00. The monoisotopic (exact) mass is 384 g/mol. The molecule has 0 aliphatic rings. The van der Waals surface area contributed by atoms with E-state index in [0.717, 1.165) is 30.1 Å². The highest BCUT2D eigenvalue weighted by Crippen LogP contribution is 2.25. The second-order valence-corrected chi connectivity index (χ2v) is 9.94. The first-order valence-corrected chi connectivity index (χ1v) is 11.8. The number of rotatable bonds is 18. The second kappa shape index (κ2) is 15.8. The first kappa shape index (κ1) is 26.9. The molecular weight excluding hydrogens is 332 g/mol. The molecule has 0 aromatic carbocycles. The van der Waals surface area contributed by atoms with E-state index in [-0.39, 0.29) is 0 Å². The molecule has 3 unspecified atom stereocenters. The summed E-state index contributed by atoms with van der Waals surface area (Å²) in [6.07, 6.45) is 16.1. The minimum atomic E-state index is -0.403. The van der Waals surface area contributed by atoms with Crippen LogP contribution in [0.25, 0.3) is 0 Å². The van der Waals surface area contributed by atoms with E-state index in [1.54, 1.807) is 14.2 Å². The molecule has 3 atom stereocenters. The third-order valence-corrected chi connectivity index (χ3v) is 6.46. The maximum Gasteiger partial charge on any atom is 0.164 e. The van der Waals surface area contributed by atoms with Crippen LogP contribution in [0.3, 0.4) is 0 Å². The van der Waals surface area contributed by atoms with E-state index in [1.165, 1.54) is 70.6 Å². The highest BCUT2D eigenvalue weighted by atomic mass is 16.7. The van der Waals surface area contributed by atoms with Gasteiger partial charge in [0.25, 0.3) is 0 Å². The molecule has 0 spiro atoms. The van der Waals surface area contributed by atoms with Crippen molar-refractivity contribution in [1.82, 2.24) is 0 Å². The summed E-state index contributed by atoms with van der Waals surface area (Å²) in [6, 6.07) is 0. The van der Waals surface area contributed by atoms with Gasteiger partial charge >= 0.3 is 0 Å². The van der Waals surface area contributed by atoms with Gasteiger partial charge in [-0.15, -0.1) is 0 Å². The van der Waals surface area contributed by atoms with Gasteiger partial charge in [0.15, 0.2) is 5.79 Å². The van der Waals surface area contributed by atoms with Crippen LogP contribution >= 0.6 is 0 Å². The zero-order chi connectivity index (χ0) is 20.7. The Morgan fingerprint density at radius 1 is 0.556 bits per heavy atom. The SMILES string of the molecule is COC(C)(CCCC(C)CCCC(C)CCCC(C)CCCC(C)C)OC. The first-order valence-electron chi connectivity index (χ1n) is 11.8. The topological polar surface area (TPSA) is 18.5 Å². The minimum absolute atomic E-state index is 0.403. The normalized spacial score (nSPS) is 15.9. The predicted molar refractivity (Wildman–Crippen MR) is 120 cm³/mol. The molecular formula is C25H52O2. The third kappa shape index (κ3) is 15.5. The maximum atomic E-state index is 5.45. The molecule has 0 aliphatic heterocycles. The van der Waals surface area contributed by atoms with Crippen LogP contribution in [0, 0.1) is 23.7 Å². The lowest BCUT2D eigenvalue weighted by Crippen LogP contribution is -2.29. The van der Waals surface area contributed by atoms with Gasteiger partial charge in [-0.05, 0) is 37.0 Å². The van der Waals surface area contributed by atoms with Crippen molar-refractivity contribution in [1.29, 1.82) is 0 Å². The number of methoxy groups -OCH3 is 2. The molecule has 0 saturated carbocycles. The summed E-state index contributed by atoms with van der Waals surface area (Å²) in [5, 5.41) is 0. The van der Waals surface area contributed by atoms with Crippen LogP contribution < -0.4 is 0 Å². The van der Waals surface area contributed by atoms with Gasteiger partial charge in [0.2, 0.25) is 0 Å². The van der Waals surface area contributed by atoms with Gasteiger partial charge in [0.1, 0.15) is 0 Å². The summed E-state index contributed by atoms with van der Waals surface area (Å²) >= 11 is 0. The zero-order valence-corrected chi connectivity index (χ0v) is 20.1. The van der Waals surface area contributed by atoms with Gasteiger partial charge in [-0.25, -0.2) is 0 Å². The van der Waals surface area contributed by atoms with Crippen molar-refractivity contribution in [2.24, 2.45) is 23.7 Å². The van der Waals surface area contributed by atoms with Crippen molar-refractivity contribution in [2.75, 3.05) is 14.2 Å². The second-order valence-electron chi connectivity index (χ2n) is 9.94. The van der Waals surface area contributed by atoms with E-state index >= 15 is 0 Å². The van der Waals surface area contributed by atoms with Gasteiger partial charge in [-0.3, -0.25) is 0 Å². The molecule has 0 fully saturated rings. The summed E-state index contributed by atoms with van der Waals surface area (Å²) in [6.45, 7) is 14.0. The predicted octanol–water partition coefficient (Wildman–Crippen LogP) is 8.24. The zero-order valence-electron chi connectivity index (χ0n) is 20.1. The lowest BCUT2D eigenvalue weighted by Gasteiger charge is -2.26. The van der Waals surface area contributed by atoms with Gasteiger partial charge in [-0.1, -0.05) is 98.8 Å². The van der Waals surface area contributed by atoms with Crippen molar-refractivity contribution in [3.63, 3.8) is 0 Å². The third-order valence-electron chi connectivity index (χ3n) is 6.46. The molecule has 27 heavy (non-hydrogen) atoms. The van der Waals surface area contributed by atoms with E-state index in [2.05, 4.69) is 34.6 Å². The summed E-state index contributed by atoms with van der Waals surface area (Å²) in [4.78, 5) is 0. The Balaban J connectivity index is 3.65. The molecule has 0 saturated heterocycles. The van der Waals surface area contributed by atoms with Gasteiger partial charge in [0, 0.05) is 20.6 Å². The molecule has 0 aromatic heterocycles. The fraction of sp³-hybridized carbons (Fsp3) is 1.00. The maximum absolute atomic E-state index is 5.45. The van der Waals surface area contributed by atoms with Crippen molar-refractivity contribution < 1.29 is 9.47 Å². The van der Waals surface area contributed by atoms with E-state index < -0.39 is 5.79 Å². The summed E-state index contributed by atoms with van der Waals surface area (Å²) in [5.41, 5.74) is 0. The Morgan fingerprint density at radius 3 is 1.22 bits per heavy atom. The van der Waals surface area contributed by atoms with Crippen LogP contribution in [0.1, 0.15) is 119 Å². The Kier molecular flexibility index (Phi) is 15.8. The number of hydrogen-bond acceptors (Lipinski definition) is 2. The molecule has 0 aromatic rings. The molecule has 2 heteroatoms. The fourth-order valence-electron chi connectivity index (χ4n) is 4.00. The Morgan fingerprint density at radius 2 is 0.889 bits per heavy atom. The van der Waals surface area contributed by atoms with Crippen molar-refractivity contribution in [3.05, 3.63) is 0 Å². The quantitative estimate of drug-likeness (QED) is 0.221. The van der Waals surface area contributed by atoms with Crippen LogP contribution in [0.2, 0.25) is 0 Å². The number of ether oxygens (including phenoxy) is 2. The molecule has 0 N–H and O–H groups in total. The Labute approximate surface area is 172 Å². The van der Waals surface area contributed by atoms with Crippen molar-refractivity contribution in [2.45, 2.75) is 124 Å². The van der Waals surface area contributed by atoms with Crippen molar-refractivity contribution >= 4 is 0 Å². The highest BCUT2D eigenvalue weighted by Gasteiger charge is 2.22. The Hall–Kier alpha value is -0.0800. The van der Waals surface area contributed by atoms with E-state index in [0.29, 0.717) is 0 Å². The lowest BCUT2D eigenvalue weighted by atomic mass is 9.90. The van der Waals surface area contributed by atoms with Crippen molar-refractivity contribution in [3.8, 4) is 0 Å². The molecule has 0 bridgehead atoms. The molecule has 0 heterocycles. The van der Waals surface area contributed by atoms with E-state index in [4.69, 9.17) is 9.47 Å². The largest absolute Gasteiger partial charge is 0.353 e. The molecule has 0 aliphatic carbocycles. The smallest absolute Gasteiger partial charge is 0.164 e. The van der Waals surface area contributed by atoms with Crippen LogP contribution in [0.5, 0.6) is 0 Å². The van der Waals surface area contributed by atoms with E-state index in [1.807, 2.05) is 6.92 Å². The first-order chi connectivity index (χ1) is 12.7. The summed E-state index contributed by atoms with van der Waals surface area (Å²) in [7, 11) is 3.47. The molecule has 164 valence electrons. The Bertz CT molecular complexity index is 322. The van der Waals surface area contributed by atoms with Crippen LogP contribution in [0.15, 0.2) is 0 Å². The minimum Gasteiger partial charge on any atom is -0.353 e. The molecule has 2 nitrogen and oxygen atoms in total. The number of hydrogen-bond donors (Lipinski definition) is 0. The average Bonchev–Trinajstić information content (AvgIpc) is 2.61. The van der Waals surface area contributed by atoms with Gasteiger partial charge in [0.05, 0.1) is 0 Å². The molecule has 0 radical (unpaired) electrons.